The lowest BCUT2D eigenvalue weighted by atomic mass is 10.3. The molecule has 2 nitrogen and oxygen atoms in total. The van der Waals surface area contributed by atoms with Crippen LogP contribution in [0, 0.1) is 11.9 Å². The molecule has 0 fully saturated rings. The molecule has 75 valence electrons. The lowest BCUT2D eigenvalue weighted by molar-refractivity contribution is 0.303. The van der Waals surface area contributed by atoms with Gasteiger partial charge in [0.1, 0.15) is 18.2 Å². The molecule has 1 heterocycles. The van der Waals surface area contributed by atoms with E-state index in [0.29, 0.717) is 12.4 Å². The molecule has 0 atom stereocenters. The van der Waals surface area contributed by atoms with Crippen molar-refractivity contribution in [3.63, 3.8) is 0 Å². The van der Waals surface area contributed by atoms with E-state index in [1.54, 1.807) is 12.4 Å². The van der Waals surface area contributed by atoms with E-state index in [2.05, 4.69) is 11.1 Å². The Kier molecular flexibility index (Phi) is 2.93. The Balaban J connectivity index is 1.99. The zero-order valence-electron chi connectivity index (χ0n) is 7.98. The molecule has 0 amide bonds. The molecule has 0 bridgehead atoms. The highest BCUT2D eigenvalue weighted by Gasteiger charge is 1.97. The van der Waals surface area contributed by atoms with Crippen LogP contribution in [-0.4, -0.2) is 4.98 Å². The van der Waals surface area contributed by atoms with Gasteiger partial charge < -0.3 is 4.74 Å². The summed E-state index contributed by atoms with van der Waals surface area (Å²) in [6.45, 7) is 0.369. The number of hydrogen-bond donors (Lipinski definition) is 0. The number of aromatic nitrogens is 1. The third-order valence-corrected chi connectivity index (χ3v) is 1.85. The maximum atomic E-state index is 12.8. The maximum Gasteiger partial charge on any atom is 0.130 e. The van der Waals surface area contributed by atoms with Crippen molar-refractivity contribution >= 4 is 0 Å². The molecule has 1 radical (unpaired) electrons. The minimum absolute atomic E-state index is 0.324. The molecule has 3 heteroatoms. The first-order valence-electron chi connectivity index (χ1n) is 4.53. The fourth-order valence-corrected chi connectivity index (χ4v) is 1.15. The molecule has 0 aliphatic carbocycles. The molecule has 2 aromatic rings. The first-order chi connectivity index (χ1) is 7.34. The second-order valence-electron chi connectivity index (χ2n) is 3.02. The lowest BCUT2D eigenvalue weighted by Gasteiger charge is -2.04. The molecule has 0 spiro atoms. The largest absolute Gasteiger partial charge is 0.488 e. The molecule has 0 saturated heterocycles. The Morgan fingerprint density at radius 1 is 1.40 bits per heavy atom. The Hall–Kier alpha value is -1.90. The third-order valence-electron chi connectivity index (χ3n) is 1.85. The second-order valence-corrected chi connectivity index (χ2v) is 3.02. The van der Waals surface area contributed by atoms with E-state index in [1.165, 1.54) is 18.2 Å². The van der Waals surface area contributed by atoms with Gasteiger partial charge in [0, 0.05) is 30.1 Å². The van der Waals surface area contributed by atoms with Crippen LogP contribution in [-0.2, 0) is 6.61 Å². The Bertz CT molecular complexity index is 431. The van der Waals surface area contributed by atoms with Gasteiger partial charge >= 0.3 is 0 Å². The van der Waals surface area contributed by atoms with Gasteiger partial charge in [-0.3, -0.25) is 4.98 Å². The molecule has 0 N–H and O–H groups in total. The average molecular weight is 202 g/mol. The van der Waals surface area contributed by atoms with Crippen LogP contribution in [0.1, 0.15) is 5.56 Å². The van der Waals surface area contributed by atoms with Crippen LogP contribution in [0.25, 0.3) is 0 Å². The van der Waals surface area contributed by atoms with Gasteiger partial charge in [-0.15, -0.1) is 0 Å². The summed E-state index contributed by atoms with van der Waals surface area (Å²) in [6.07, 6.45) is 3.40. The zero-order chi connectivity index (χ0) is 10.5. The van der Waals surface area contributed by atoms with E-state index in [1.807, 2.05) is 12.1 Å². The van der Waals surface area contributed by atoms with Gasteiger partial charge in [0.25, 0.3) is 0 Å². The molecule has 1 aromatic carbocycles. The molecule has 0 saturated carbocycles. The predicted octanol–water partition coefficient (Wildman–Crippen LogP) is 2.60. The fourth-order valence-electron chi connectivity index (χ4n) is 1.15. The van der Waals surface area contributed by atoms with Crippen molar-refractivity contribution < 1.29 is 9.13 Å². The number of halogens is 1. The lowest BCUT2D eigenvalue weighted by Crippen LogP contribution is -1.95. The smallest absolute Gasteiger partial charge is 0.130 e. The summed E-state index contributed by atoms with van der Waals surface area (Å²) in [4.78, 5) is 3.95. The Labute approximate surface area is 87.4 Å². The summed E-state index contributed by atoms with van der Waals surface area (Å²) in [7, 11) is 0. The third kappa shape index (κ3) is 2.77. The normalized spacial score (nSPS) is 9.93. The van der Waals surface area contributed by atoms with Gasteiger partial charge in [0.05, 0.1) is 0 Å². The van der Waals surface area contributed by atoms with Crippen molar-refractivity contribution in [2.45, 2.75) is 6.61 Å². The topological polar surface area (TPSA) is 22.1 Å². The monoisotopic (exact) mass is 202 g/mol. The molecular weight excluding hydrogens is 193 g/mol. The number of pyridine rings is 1. The highest BCUT2D eigenvalue weighted by atomic mass is 19.1. The summed E-state index contributed by atoms with van der Waals surface area (Å²) in [5.41, 5.74) is 0.940. The van der Waals surface area contributed by atoms with Crippen LogP contribution in [0.2, 0.25) is 0 Å². The highest BCUT2D eigenvalue weighted by molar-refractivity contribution is 5.21. The number of rotatable bonds is 3. The van der Waals surface area contributed by atoms with Crippen molar-refractivity contribution in [3.05, 3.63) is 60.2 Å². The van der Waals surface area contributed by atoms with E-state index in [0.717, 1.165) is 5.56 Å². The maximum absolute atomic E-state index is 12.8. The Morgan fingerprint density at radius 2 is 2.33 bits per heavy atom. The number of hydrogen-bond acceptors (Lipinski definition) is 2. The second kappa shape index (κ2) is 4.55. The highest BCUT2D eigenvalue weighted by Crippen LogP contribution is 2.12. The molecule has 0 aliphatic heterocycles. The molecule has 15 heavy (non-hydrogen) atoms. The summed E-state index contributed by atoms with van der Waals surface area (Å²) < 4.78 is 18.1. The SMILES string of the molecule is Fc1cc[c]c(OCc2cccnc2)c1. The Morgan fingerprint density at radius 3 is 3.07 bits per heavy atom. The molecule has 0 unspecified atom stereocenters. The summed E-state index contributed by atoms with van der Waals surface area (Å²) in [5.74, 6) is 0.0776. The van der Waals surface area contributed by atoms with Gasteiger partial charge in [-0.2, -0.15) is 0 Å². The quantitative estimate of drug-likeness (QED) is 0.763. The molecule has 1 aromatic heterocycles. The first kappa shape index (κ1) is 9.65. The average Bonchev–Trinajstić information content (AvgIpc) is 2.28. The van der Waals surface area contributed by atoms with Crippen LogP contribution in [0.4, 0.5) is 4.39 Å². The van der Waals surface area contributed by atoms with Crippen LogP contribution in [0.3, 0.4) is 0 Å². The summed E-state index contributed by atoms with van der Waals surface area (Å²) in [6, 6.07) is 10.6. The van der Waals surface area contributed by atoms with Crippen molar-refractivity contribution in [3.8, 4) is 5.75 Å². The molecule has 0 aliphatic rings. The van der Waals surface area contributed by atoms with Gasteiger partial charge in [-0.25, -0.2) is 4.39 Å². The summed E-state index contributed by atoms with van der Waals surface area (Å²) >= 11 is 0. The van der Waals surface area contributed by atoms with Crippen LogP contribution in [0.15, 0.2) is 42.7 Å². The molecular formula is C12H9FNO. The van der Waals surface area contributed by atoms with Crippen LogP contribution in [0.5, 0.6) is 5.75 Å². The minimum Gasteiger partial charge on any atom is -0.488 e. The standard InChI is InChI=1S/C12H9FNO/c13-11-4-1-5-12(7-11)15-9-10-3-2-6-14-8-10/h1-4,6-8H,9H2. The van der Waals surface area contributed by atoms with Crippen LogP contribution < -0.4 is 4.74 Å². The number of benzene rings is 1. The van der Waals surface area contributed by atoms with Crippen molar-refractivity contribution in [2.75, 3.05) is 0 Å². The first-order valence-corrected chi connectivity index (χ1v) is 4.53. The van der Waals surface area contributed by atoms with E-state index in [4.69, 9.17) is 4.74 Å². The van der Waals surface area contributed by atoms with E-state index in [9.17, 15) is 4.39 Å². The van der Waals surface area contributed by atoms with Crippen LogP contribution >= 0.6 is 0 Å². The fraction of sp³-hybridized carbons (Fsp3) is 0.0833. The van der Waals surface area contributed by atoms with Crippen molar-refractivity contribution in [1.29, 1.82) is 0 Å². The van der Waals surface area contributed by atoms with Gasteiger partial charge in [0.15, 0.2) is 0 Å². The van der Waals surface area contributed by atoms with Crippen molar-refractivity contribution in [2.24, 2.45) is 0 Å². The number of ether oxygens (including phenoxy) is 1. The predicted molar refractivity (Wildman–Crippen MR) is 53.8 cm³/mol. The summed E-state index contributed by atoms with van der Waals surface area (Å²) in [5, 5.41) is 0. The van der Waals surface area contributed by atoms with E-state index >= 15 is 0 Å². The zero-order valence-corrected chi connectivity index (χ0v) is 7.98. The number of nitrogens with zero attached hydrogens (tertiary/aromatic N) is 1. The molecule has 2 rings (SSSR count). The van der Waals surface area contributed by atoms with E-state index < -0.39 is 0 Å². The van der Waals surface area contributed by atoms with Crippen molar-refractivity contribution in [1.82, 2.24) is 4.98 Å². The van der Waals surface area contributed by atoms with Gasteiger partial charge in [0.2, 0.25) is 0 Å². The van der Waals surface area contributed by atoms with Gasteiger partial charge in [-0.05, 0) is 18.2 Å². The minimum atomic E-state index is -0.324. The van der Waals surface area contributed by atoms with Gasteiger partial charge in [-0.1, -0.05) is 6.07 Å². The van der Waals surface area contributed by atoms with E-state index in [-0.39, 0.29) is 5.82 Å².